The third-order valence-electron chi connectivity index (χ3n) is 4.37. The number of hydrogen-bond donors (Lipinski definition) is 3. The first-order valence-corrected chi connectivity index (χ1v) is 7.93. The van der Waals surface area contributed by atoms with Crippen molar-refractivity contribution < 1.29 is 14.7 Å². The van der Waals surface area contributed by atoms with Gasteiger partial charge in [0.15, 0.2) is 0 Å². The van der Waals surface area contributed by atoms with Crippen molar-refractivity contribution in [3.63, 3.8) is 0 Å². The molecule has 0 saturated heterocycles. The number of aromatic carboxylic acids is 1. The van der Waals surface area contributed by atoms with Crippen LogP contribution in [0.5, 0.6) is 0 Å². The number of urea groups is 1. The van der Waals surface area contributed by atoms with Gasteiger partial charge in [-0.15, -0.1) is 0 Å². The van der Waals surface area contributed by atoms with Crippen molar-refractivity contribution in [3.8, 4) is 0 Å². The quantitative estimate of drug-likeness (QED) is 0.782. The highest BCUT2D eigenvalue weighted by molar-refractivity contribution is 5.87. The molecular formula is C17H24N2O3. The molecule has 1 fully saturated rings. The maximum atomic E-state index is 11.9. The lowest BCUT2D eigenvalue weighted by Crippen LogP contribution is -2.44. The number of carboxylic acid groups (broad SMARTS) is 1. The molecule has 1 aromatic rings. The Kier molecular flexibility index (Phi) is 5.81. The fraction of sp³-hybridized carbons (Fsp3) is 0.529. The van der Waals surface area contributed by atoms with Crippen LogP contribution in [0.4, 0.5) is 4.79 Å². The Bertz CT molecular complexity index is 507. The van der Waals surface area contributed by atoms with Crippen molar-refractivity contribution in [2.45, 2.75) is 51.6 Å². The van der Waals surface area contributed by atoms with Gasteiger partial charge in [-0.25, -0.2) is 9.59 Å². The first kappa shape index (κ1) is 16.3. The van der Waals surface area contributed by atoms with Crippen LogP contribution in [0, 0.1) is 5.92 Å². The van der Waals surface area contributed by atoms with Crippen LogP contribution in [0.3, 0.4) is 0 Å². The minimum absolute atomic E-state index is 0.166. The van der Waals surface area contributed by atoms with Crippen LogP contribution in [-0.4, -0.2) is 23.1 Å². The van der Waals surface area contributed by atoms with Crippen LogP contribution < -0.4 is 10.6 Å². The maximum Gasteiger partial charge on any atom is 0.335 e. The van der Waals surface area contributed by atoms with E-state index in [-0.39, 0.29) is 17.6 Å². The molecule has 1 aliphatic carbocycles. The summed E-state index contributed by atoms with van der Waals surface area (Å²) in [6, 6.07) is 6.54. The Morgan fingerprint density at radius 2 is 1.82 bits per heavy atom. The van der Waals surface area contributed by atoms with Gasteiger partial charge in [0.2, 0.25) is 0 Å². The third-order valence-corrected chi connectivity index (χ3v) is 4.37. The van der Waals surface area contributed by atoms with Crippen LogP contribution >= 0.6 is 0 Å². The summed E-state index contributed by atoms with van der Waals surface area (Å²) in [6.07, 6.45) is 6.21. The highest BCUT2D eigenvalue weighted by Crippen LogP contribution is 2.26. The summed E-state index contributed by atoms with van der Waals surface area (Å²) in [6.45, 7) is 2.46. The Morgan fingerprint density at radius 1 is 1.18 bits per heavy atom. The number of amides is 2. The van der Waals surface area contributed by atoms with Crippen LogP contribution in [-0.2, 0) is 6.54 Å². The fourth-order valence-electron chi connectivity index (χ4n) is 2.96. The normalized spacial score (nSPS) is 16.8. The van der Waals surface area contributed by atoms with Crippen LogP contribution in [0.25, 0.3) is 0 Å². The number of carboxylic acids is 1. The van der Waals surface area contributed by atoms with Gasteiger partial charge in [-0.1, -0.05) is 31.4 Å². The molecule has 0 heterocycles. The Morgan fingerprint density at radius 3 is 2.41 bits per heavy atom. The van der Waals surface area contributed by atoms with E-state index in [0.29, 0.717) is 12.5 Å². The van der Waals surface area contributed by atoms with Gasteiger partial charge in [-0.2, -0.15) is 0 Å². The predicted octanol–water partition coefficient (Wildman–Crippen LogP) is 3.15. The Balaban J connectivity index is 1.75. The summed E-state index contributed by atoms with van der Waals surface area (Å²) in [7, 11) is 0. The van der Waals surface area contributed by atoms with E-state index in [1.54, 1.807) is 24.3 Å². The number of hydrogen-bond acceptors (Lipinski definition) is 2. The van der Waals surface area contributed by atoms with Gasteiger partial charge in [0.1, 0.15) is 0 Å². The van der Waals surface area contributed by atoms with Crippen LogP contribution in [0.15, 0.2) is 24.3 Å². The molecule has 1 atom stereocenters. The molecular weight excluding hydrogens is 280 g/mol. The topological polar surface area (TPSA) is 78.4 Å². The van der Waals surface area contributed by atoms with Gasteiger partial charge in [0, 0.05) is 12.6 Å². The van der Waals surface area contributed by atoms with Gasteiger partial charge >= 0.3 is 12.0 Å². The lowest BCUT2D eigenvalue weighted by molar-refractivity contribution is 0.0697. The van der Waals surface area contributed by atoms with Crippen LogP contribution in [0.1, 0.15) is 54.9 Å². The predicted molar refractivity (Wildman–Crippen MR) is 84.8 cm³/mol. The van der Waals surface area contributed by atoms with E-state index < -0.39 is 5.97 Å². The molecule has 0 spiro atoms. The van der Waals surface area contributed by atoms with Gasteiger partial charge < -0.3 is 15.7 Å². The van der Waals surface area contributed by atoms with E-state index in [2.05, 4.69) is 17.6 Å². The first-order chi connectivity index (χ1) is 10.6. The molecule has 120 valence electrons. The fourth-order valence-corrected chi connectivity index (χ4v) is 2.96. The minimum Gasteiger partial charge on any atom is -0.478 e. The molecule has 0 bridgehead atoms. The number of nitrogens with one attached hydrogen (secondary N) is 2. The van der Waals surface area contributed by atoms with E-state index >= 15 is 0 Å². The third kappa shape index (κ3) is 4.76. The van der Waals surface area contributed by atoms with E-state index in [1.165, 1.54) is 32.1 Å². The zero-order chi connectivity index (χ0) is 15.9. The minimum atomic E-state index is -0.946. The molecule has 1 saturated carbocycles. The second-order valence-electron chi connectivity index (χ2n) is 6.02. The molecule has 0 aromatic heterocycles. The molecule has 5 heteroatoms. The van der Waals surface area contributed by atoms with Crippen LogP contribution in [0.2, 0.25) is 0 Å². The van der Waals surface area contributed by atoms with E-state index in [9.17, 15) is 9.59 Å². The molecule has 2 amide bonds. The van der Waals surface area contributed by atoms with Crippen molar-refractivity contribution in [2.24, 2.45) is 5.92 Å². The van der Waals surface area contributed by atoms with Crippen molar-refractivity contribution in [1.82, 2.24) is 10.6 Å². The summed E-state index contributed by atoms with van der Waals surface area (Å²) < 4.78 is 0. The SMILES string of the molecule is CC(NC(=O)NCc1ccc(C(=O)O)cc1)C1CCCCC1. The molecule has 1 aromatic carbocycles. The number of carbonyl (C=O) groups is 2. The second-order valence-corrected chi connectivity index (χ2v) is 6.02. The van der Waals surface area contributed by atoms with Crippen molar-refractivity contribution in [1.29, 1.82) is 0 Å². The average molecular weight is 304 g/mol. The standard InChI is InChI=1S/C17H24N2O3/c1-12(14-5-3-2-4-6-14)19-17(22)18-11-13-7-9-15(10-8-13)16(20)21/h7-10,12,14H,2-6,11H2,1H3,(H,20,21)(H2,18,19,22). The van der Waals surface area contributed by atoms with E-state index in [1.807, 2.05) is 0 Å². The first-order valence-electron chi connectivity index (χ1n) is 7.93. The molecule has 1 unspecified atom stereocenters. The molecule has 2 rings (SSSR count). The summed E-state index contributed by atoms with van der Waals surface area (Å²) in [5.41, 5.74) is 1.13. The zero-order valence-electron chi connectivity index (χ0n) is 13.0. The molecule has 0 radical (unpaired) electrons. The monoisotopic (exact) mass is 304 g/mol. The summed E-state index contributed by atoms with van der Waals surface area (Å²) in [4.78, 5) is 22.7. The number of carbonyl (C=O) groups excluding carboxylic acids is 1. The maximum absolute atomic E-state index is 11.9. The number of rotatable bonds is 5. The van der Waals surface area contributed by atoms with Gasteiger partial charge in [-0.05, 0) is 43.4 Å². The lowest BCUT2D eigenvalue weighted by Gasteiger charge is -2.28. The molecule has 22 heavy (non-hydrogen) atoms. The Labute approximate surface area is 131 Å². The molecule has 0 aliphatic heterocycles. The Hall–Kier alpha value is -2.04. The van der Waals surface area contributed by atoms with E-state index in [4.69, 9.17) is 5.11 Å². The second kappa shape index (κ2) is 7.82. The number of benzene rings is 1. The highest BCUT2D eigenvalue weighted by atomic mass is 16.4. The summed E-state index contributed by atoms with van der Waals surface area (Å²) >= 11 is 0. The van der Waals surface area contributed by atoms with Crippen molar-refractivity contribution in [2.75, 3.05) is 0 Å². The average Bonchev–Trinajstić information content (AvgIpc) is 2.54. The zero-order valence-corrected chi connectivity index (χ0v) is 13.0. The molecule has 3 N–H and O–H groups in total. The van der Waals surface area contributed by atoms with E-state index in [0.717, 1.165) is 5.56 Å². The highest BCUT2D eigenvalue weighted by Gasteiger charge is 2.21. The summed E-state index contributed by atoms with van der Waals surface area (Å²) in [5, 5.41) is 14.7. The summed E-state index contributed by atoms with van der Waals surface area (Å²) in [5.74, 6) is -0.368. The lowest BCUT2D eigenvalue weighted by atomic mass is 9.85. The smallest absolute Gasteiger partial charge is 0.335 e. The van der Waals surface area contributed by atoms with Gasteiger partial charge in [0.05, 0.1) is 5.56 Å². The van der Waals surface area contributed by atoms with Crippen molar-refractivity contribution >= 4 is 12.0 Å². The molecule has 1 aliphatic rings. The molecule has 5 nitrogen and oxygen atoms in total. The van der Waals surface area contributed by atoms with Gasteiger partial charge in [0.25, 0.3) is 0 Å². The largest absolute Gasteiger partial charge is 0.478 e. The van der Waals surface area contributed by atoms with Gasteiger partial charge in [-0.3, -0.25) is 0 Å². The van der Waals surface area contributed by atoms with Crippen molar-refractivity contribution in [3.05, 3.63) is 35.4 Å².